The maximum absolute atomic E-state index is 4.03. The number of nitrogens with zero attached hydrogens (tertiary/aromatic N) is 2. The maximum Gasteiger partial charge on any atom is 0.0270 e. The van der Waals surface area contributed by atoms with Crippen LogP contribution in [0.3, 0.4) is 0 Å². The van der Waals surface area contributed by atoms with Gasteiger partial charge in [0.05, 0.1) is 0 Å². The van der Waals surface area contributed by atoms with Crippen LogP contribution < -0.4 is 0 Å². The van der Waals surface area contributed by atoms with Crippen LogP contribution in [0.2, 0.25) is 0 Å². The topological polar surface area (TPSA) is 25.8 Å². The van der Waals surface area contributed by atoms with Crippen molar-refractivity contribution < 1.29 is 0 Å². The largest absolute Gasteiger partial charge is 0.265 e. The van der Waals surface area contributed by atoms with E-state index in [1.54, 1.807) is 0 Å². The van der Waals surface area contributed by atoms with Crippen LogP contribution in [0.15, 0.2) is 85.5 Å². The third-order valence-corrected chi connectivity index (χ3v) is 3.76. The van der Waals surface area contributed by atoms with Crippen LogP contribution in [0.5, 0.6) is 0 Å². The number of pyridine rings is 2. The van der Waals surface area contributed by atoms with E-state index in [4.69, 9.17) is 0 Å². The molecule has 2 aromatic heterocycles. The number of allylic oxidation sites excluding steroid dienone is 2. The molecule has 24 heavy (non-hydrogen) atoms. The molecule has 1 aromatic carbocycles. The molecule has 0 saturated carbocycles. The molecule has 0 radical (unpaired) electrons. The van der Waals surface area contributed by atoms with Gasteiger partial charge in [-0.15, -0.1) is 0 Å². The first-order valence-electron chi connectivity index (χ1n) is 8.11. The molecule has 118 valence electrons. The van der Waals surface area contributed by atoms with E-state index in [1.165, 1.54) is 22.3 Å². The number of rotatable bonds is 6. The van der Waals surface area contributed by atoms with Crippen molar-refractivity contribution in [3.05, 3.63) is 108 Å². The fraction of sp³-hybridized carbons (Fsp3) is 0.0909. The zero-order chi connectivity index (χ0) is 16.5. The summed E-state index contributed by atoms with van der Waals surface area (Å²) in [6, 6.07) is 16.8. The Morgan fingerprint density at radius 3 is 1.29 bits per heavy atom. The molecule has 0 bridgehead atoms. The van der Waals surface area contributed by atoms with Gasteiger partial charge in [0.25, 0.3) is 0 Å². The van der Waals surface area contributed by atoms with Gasteiger partial charge < -0.3 is 0 Å². The Hall–Kier alpha value is -3.00. The predicted octanol–water partition coefficient (Wildman–Crippen LogP) is 4.99. The van der Waals surface area contributed by atoms with Crippen LogP contribution in [0, 0.1) is 0 Å². The summed E-state index contributed by atoms with van der Waals surface area (Å²) in [6.07, 6.45) is 17.9. The van der Waals surface area contributed by atoms with Crippen molar-refractivity contribution in [1.82, 2.24) is 9.97 Å². The minimum atomic E-state index is 0.927. The maximum atomic E-state index is 4.03. The van der Waals surface area contributed by atoms with Gasteiger partial charge in [-0.1, -0.05) is 48.6 Å². The van der Waals surface area contributed by atoms with Gasteiger partial charge in [-0.25, -0.2) is 0 Å². The summed E-state index contributed by atoms with van der Waals surface area (Å²) in [5, 5.41) is 0. The molecule has 0 aliphatic rings. The summed E-state index contributed by atoms with van der Waals surface area (Å²) >= 11 is 0. The van der Waals surface area contributed by atoms with Crippen LogP contribution in [0.25, 0.3) is 12.2 Å². The Balaban J connectivity index is 1.53. The first-order valence-corrected chi connectivity index (χ1v) is 8.11. The van der Waals surface area contributed by atoms with Gasteiger partial charge in [0.15, 0.2) is 0 Å². The van der Waals surface area contributed by atoms with Gasteiger partial charge in [0.1, 0.15) is 0 Å². The van der Waals surface area contributed by atoms with E-state index in [9.17, 15) is 0 Å². The van der Waals surface area contributed by atoms with Crippen LogP contribution in [-0.2, 0) is 12.8 Å². The first kappa shape index (κ1) is 15.9. The minimum absolute atomic E-state index is 0.927. The first-order chi connectivity index (χ1) is 11.9. The van der Waals surface area contributed by atoms with Crippen molar-refractivity contribution in [3.8, 4) is 0 Å². The van der Waals surface area contributed by atoms with Crippen LogP contribution >= 0.6 is 0 Å². The summed E-state index contributed by atoms with van der Waals surface area (Å²) in [6.45, 7) is 0. The lowest BCUT2D eigenvalue weighted by Crippen LogP contribution is -1.81. The van der Waals surface area contributed by atoms with E-state index in [0.29, 0.717) is 0 Å². The summed E-state index contributed by atoms with van der Waals surface area (Å²) in [4.78, 5) is 8.06. The Bertz CT molecular complexity index is 718. The van der Waals surface area contributed by atoms with Crippen molar-refractivity contribution in [1.29, 1.82) is 0 Å². The lowest BCUT2D eigenvalue weighted by Gasteiger charge is -1.98. The second kappa shape index (κ2) is 8.59. The molecule has 3 aromatic rings. The van der Waals surface area contributed by atoms with Gasteiger partial charge in [-0.3, -0.25) is 9.97 Å². The predicted molar refractivity (Wildman–Crippen MR) is 100 cm³/mol. The molecule has 0 spiro atoms. The van der Waals surface area contributed by atoms with Crippen molar-refractivity contribution in [3.63, 3.8) is 0 Å². The smallest absolute Gasteiger partial charge is 0.0270 e. The van der Waals surface area contributed by atoms with Gasteiger partial charge in [0.2, 0.25) is 0 Å². The van der Waals surface area contributed by atoms with Gasteiger partial charge in [0, 0.05) is 24.8 Å². The second-order valence-corrected chi connectivity index (χ2v) is 5.59. The van der Waals surface area contributed by atoms with E-state index in [-0.39, 0.29) is 0 Å². The molecule has 2 heterocycles. The average Bonchev–Trinajstić information content (AvgIpc) is 2.65. The molecule has 0 aliphatic carbocycles. The molecule has 3 rings (SSSR count). The Kier molecular flexibility index (Phi) is 5.68. The van der Waals surface area contributed by atoms with E-state index >= 15 is 0 Å². The van der Waals surface area contributed by atoms with Crippen molar-refractivity contribution in [2.75, 3.05) is 0 Å². The van der Waals surface area contributed by atoms with Crippen molar-refractivity contribution in [2.45, 2.75) is 12.8 Å². The molecule has 0 unspecified atom stereocenters. The highest BCUT2D eigenvalue weighted by Crippen LogP contribution is 2.10. The molecular weight excluding hydrogens is 292 g/mol. The van der Waals surface area contributed by atoms with Gasteiger partial charge >= 0.3 is 0 Å². The Morgan fingerprint density at radius 2 is 0.917 bits per heavy atom. The zero-order valence-electron chi connectivity index (χ0n) is 13.5. The standard InChI is InChI=1S/C22H20N2/c1(5-21-11-15-23-16-12-21)3-19-7-9-20(10-8-19)4-2-6-22-13-17-24-18-14-22/h1-4,7-18H,5-6H2/b3-1+,4-2+. The van der Waals surface area contributed by atoms with Crippen LogP contribution in [0.4, 0.5) is 0 Å². The monoisotopic (exact) mass is 312 g/mol. The van der Waals surface area contributed by atoms with E-state index in [0.717, 1.165) is 12.8 Å². The Labute approximate surface area is 143 Å². The third-order valence-electron chi connectivity index (χ3n) is 3.76. The summed E-state index contributed by atoms with van der Waals surface area (Å²) in [7, 11) is 0. The van der Waals surface area contributed by atoms with Gasteiger partial charge in [-0.2, -0.15) is 0 Å². The molecule has 2 nitrogen and oxygen atoms in total. The number of aromatic nitrogens is 2. The molecule has 0 saturated heterocycles. The molecular formula is C22H20N2. The van der Waals surface area contributed by atoms with E-state index < -0.39 is 0 Å². The van der Waals surface area contributed by atoms with Crippen LogP contribution in [0.1, 0.15) is 22.3 Å². The molecule has 0 atom stereocenters. The SMILES string of the molecule is C(=C\c1ccc(/C=C/Cc2ccncc2)cc1)/Cc1ccncc1. The fourth-order valence-corrected chi connectivity index (χ4v) is 2.42. The molecule has 0 N–H and O–H groups in total. The molecule has 0 fully saturated rings. The summed E-state index contributed by atoms with van der Waals surface area (Å²) < 4.78 is 0. The summed E-state index contributed by atoms with van der Waals surface area (Å²) in [5.41, 5.74) is 4.99. The lowest BCUT2D eigenvalue weighted by molar-refractivity contribution is 1.22. The zero-order valence-corrected chi connectivity index (χ0v) is 13.5. The fourth-order valence-electron chi connectivity index (χ4n) is 2.42. The quantitative estimate of drug-likeness (QED) is 0.641. The van der Waals surface area contributed by atoms with E-state index in [1.807, 2.05) is 49.1 Å². The van der Waals surface area contributed by atoms with Gasteiger partial charge in [-0.05, 0) is 59.4 Å². The van der Waals surface area contributed by atoms with Crippen molar-refractivity contribution >= 4 is 12.2 Å². The highest BCUT2D eigenvalue weighted by atomic mass is 14.6. The second-order valence-electron chi connectivity index (χ2n) is 5.59. The minimum Gasteiger partial charge on any atom is -0.265 e. The van der Waals surface area contributed by atoms with Crippen LogP contribution in [-0.4, -0.2) is 9.97 Å². The number of hydrogen-bond donors (Lipinski definition) is 0. The lowest BCUT2D eigenvalue weighted by atomic mass is 10.1. The molecule has 0 aliphatic heterocycles. The number of benzene rings is 1. The Morgan fingerprint density at radius 1 is 0.542 bits per heavy atom. The van der Waals surface area contributed by atoms with Crippen molar-refractivity contribution in [2.24, 2.45) is 0 Å². The molecule has 0 amide bonds. The van der Waals surface area contributed by atoms with E-state index in [2.05, 4.69) is 58.5 Å². The third kappa shape index (κ3) is 5.03. The normalized spacial score (nSPS) is 11.3. The number of hydrogen-bond acceptors (Lipinski definition) is 2. The molecule has 2 heteroatoms. The highest BCUT2D eigenvalue weighted by molar-refractivity contribution is 5.56. The average molecular weight is 312 g/mol. The highest BCUT2D eigenvalue weighted by Gasteiger charge is 1.91. The summed E-state index contributed by atoms with van der Waals surface area (Å²) in [5.74, 6) is 0.